The molecule has 114 valence electrons. The second-order valence-electron chi connectivity index (χ2n) is 4.83. The van der Waals surface area contributed by atoms with Gasteiger partial charge in [-0.1, -0.05) is 11.3 Å². The summed E-state index contributed by atoms with van der Waals surface area (Å²) < 4.78 is 5.28. The van der Waals surface area contributed by atoms with Crippen molar-refractivity contribution in [1.82, 2.24) is 4.98 Å². The Labute approximate surface area is 128 Å². The Bertz CT molecular complexity index is 787. The fraction of sp³-hybridized carbons (Fsp3) is 0.308. The number of nitro benzene ring substituents is 1. The molecule has 0 saturated carbocycles. The quantitative estimate of drug-likeness (QED) is 0.484. The number of ether oxygens (including phenoxy) is 1. The highest BCUT2D eigenvalue weighted by Gasteiger charge is 2.37. The first-order valence-corrected chi connectivity index (χ1v) is 7.24. The number of non-ortho nitro benzene ring substituents is 1. The van der Waals surface area contributed by atoms with Gasteiger partial charge < -0.3 is 4.74 Å². The number of aromatic nitrogens is 1. The van der Waals surface area contributed by atoms with Crippen LogP contribution in [0.15, 0.2) is 18.2 Å². The van der Waals surface area contributed by atoms with Crippen molar-refractivity contribution in [1.29, 1.82) is 0 Å². The molecule has 1 fully saturated rings. The topological polar surface area (TPSA) is 103 Å². The third kappa shape index (κ3) is 2.39. The zero-order valence-electron chi connectivity index (χ0n) is 11.5. The number of carbonyl (C=O) groups is 2. The van der Waals surface area contributed by atoms with E-state index in [0.717, 1.165) is 0 Å². The van der Waals surface area contributed by atoms with Crippen LogP contribution < -0.4 is 4.90 Å². The van der Waals surface area contributed by atoms with Crippen LogP contribution in [0.2, 0.25) is 0 Å². The number of amides is 1. The zero-order valence-corrected chi connectivity index (χ0v) is 12.3. The summed E-state index contributed by atoms with van der Waals surface area (Å²) in [7, 11) is 1.28. The van der Waals surface area contributed by atoms with Gasteiger partial charge in [0.25, 0.3) is 5.69 Å². The predicted molar refractivity (Wildman–Crippen MR) is 78.8 cm³/mol. The number of hydrogen-bond donors (Lipinski definition) is 0. The summed E-state index contributed by atoms with van der Waals surface area (Å²) in [5.41, 5.74) is 0.558. The third-order valence-corrected chi connectivity index (χ3v) is 4.50. The molecule has 0 bridgehead atoms. The average molecular weight is 321 g/mol. The van der Waals surface area contributed by atoms with Gasteiger partial charge in [-0.15, -0.1) is 0 Å². The molecule has 1 saturated heterocycles. The van der Waals surface area contributed by atoms with Crippen LogP contribution in [0.5, 0.6) is 0 Å². The molecule has 0 aliphatic carbocycles. The van der Waals surface area contributed by atoms with Crippen molar-refractivity contribution in [3.05, 3.63) is 28.3 Å². The molecule has 0 radical (unpaired) electrons. The molecule has 0 N–H and O–H groups in total. The Morgan fingerprint density at radius 1 is 1.55 bits per heavy atom. The minimum atomic E-state index is -0.501. The summed E-state index contributed by atoms with van der Waals surface area (Å²) in [5.74, 6) is -1.13. The lowest BCUT2D eigenvalue weighted by molar-refractivity contribution is -0.384. The van der Waals surface area contributed by atoms with Gasteiger partial charge in [-0.3, -0.25) is 24.6 Å². The normalized spacial score (nSPS) is 18.0. The van der Waals surface area contributed by atoms with E-state index < -0.39 is 16.8 Å². The molecule has 9 heteroatoms. The van der Waals surface area contributed by atoms with E-state index in [1.54, 1.807) is 6.07 Å². The number of hydrogen-bond acceptors (Lipinski definition) is 7. The van der Waals surface area contributed by atoms with Crippen LogP contribution in [-0.4, -0.2) is 35.4 Å². The van der Waals surface area contributed by atoms with Crippen LogP contribution in [0.1, 0.15) is 6.42 Å². The molecular formula is C13H11N3O5S. The first-order chi connectivity index (χ1) is 10.5. The van der Waals surface area contributed by atoms with Gasteiger partial charge in [0.05, 0.1) is 28.2 Å². The molecule has 1 aliphatic heterocycles. The van der Waals surface area contributed by atoms with E-state index in [9.17, 15) is 19.7 Å². The van der Waals surface area contributed by atoms with E-state index in [-0.39, 0.29) is 24.6 Å². The summed E-state index contributed by atoms with van der Waals surface area (Å²) in [6.45, 7) is 0.216. The highest BCUT2D eigenvalue weighted by molar-refractivity contribution is 7.22. The molecule has 1 aliphatic rings. The van der Waals surface area contributed by atoms with Crippen LogP contribution in [0, 0.1) is 16.0 Å². The summed E-state index contributed by atoms with van der Waals surface area (Å²) in [4.78, 5) is 39.6. The maximum Gasteiger partial charge on any atom is 0.311 e. The van der Waals surface area contributed by atoms with Gasteiger partial charge in [0, 0.05) is 25.1 Å². The lowest BCUT2D eigenvalue weighted by Gasteiger charge is -2.11. The largest absolute Gasteiger partial charge is 0.469 e. The molecular weight excluding hydrogens is 310 g/mol. The summed E-state index contributed by atoms with van der Waals surface area (Å²) in [5, 5.41) is 11.2. The number of carbonyl (C=O) groups excluding carboxylic acids is 2. The maximum absolute atomic E-state index is 12.0. The zero-order chi connectivity index (χ0) is 15.9. The van der Waals surface area contributed by atoms with Crippen molar-refractivity contribution in [3.63, 3.8) is 0 Å². The van der Waals surface area contributed by atoms with E-state index >= 15 is 0 Å². The Hall–Kier alpha value is -2.55. The molecule has 1 atom stereocenters. The van der Waals surface area contributed by atoms with Crippen molar-refractivity contribution in [2.75, 3.05) is 18.6 Å². The molecule has 8 nitrogen and oxygen atoms in total. The summed E-state index contributed by atoms with van der Waals surface area (Å²) in [6.07, 6.45) is 0.0861. The summed E-state index contributed by atoms with van der Waals surface area (Å²) in [6, 6.07) is 4.34. The number of rotatable bonds is 3. The Kier molecular flexibility index (Phi) is 3.49. The van der Waals surface area contributed by atoms with Crippen LogP contribution in [0.4, 0.5) is 10.8 Å². The van der Waals surface area contributed by atoms with E-state index in [2.05, 4.69) is 9.72 Å². The Balaban J connectivity index is 1.92. The van der Waals surface area contributed by atoms with Gasteiger partial charge in [0.2, 0.25) is 5.91 Å². The molecule has 1 aromatic heterocycles. The van der Waals surface area contributed by atoms with Gasteiger partial charge >= 0.3 is 5.97 Å². The van der Waals surface area contributed by atoms with Crippen LogP contribution in [0.3, 0.4) is 0 Å². The SMILES string of the molecule is COC(=O)C1CC(=O)N(c2nc3ccc([N+](=O)[O-])cc3s2)C1. The van der Waals surface area contributed by atoms with Crippen molar-refractivity contribution in [3.8, 4) is 0 Å². The fourth-order valence-corrected chi connectivity index (χ4v) is 3.37. The number of thiazole rings is 1. The van der Waals surface area contributed by atoms with Crippen molar-refractivity contribution < 1.29 is 19.2 Å². The van der Waals surface area contributed by atoms with Gasteiger partial charge in [-0.25, -0.2) is 4.98 Å². The molecule has 2 aromatic rings. The Morgan fingerprint density at radius 3 is 3.00 bits per heavy atom. The number of anilines is 1. The monoisotopic (exact) mass is 321 g/mol. The van der Waals surface area contributed by atoms with Gasteiger partial charge in [-0.05, 0) is 6.07 Å². The van der Waals surface area contributed by atoms with Crippen LogP contribution >= 0.6 is 11.3 Å². The first-order valence-electron chi connectivity index (χ1n) is 6.43. The lowest BCUT2D eigenvalue weighted by atomic mass is 10.1. The smallest absolute Gasteiger partial charge is 0.311 e. The van der Waals surface area contributed by atoms with E-state index in [0.29, 0.717) is 15.3 Å². The van der Waals surface area contributed by atoms with Crippen LogP contribution in [-0.2, 0) is 14.3 Å². The summed E-state index contributed by atoms with van der Waals surface area (Å²) >= 11 is 1.19. The van der Waals surface area contributed by atoms with E-state index in [1.165, 1.54) is 35.5 Å². The highest BCUT2D eigenvalue weighted by Crippen LogP contribution is 2.34. The van der Waals surface area contributed by atoms with Crippen molar-refractivity contribution in [2.45, 2.75) is 6.42 Å². The Morgan fingerprint density at radius 2 is 2.32 bits per heavy atom. The predicted octanol–water partition coefficient (Wildman–Crippen LogP) is 1.73. The number of methoxy groups -OCH3 is 1. The molecule has 1 aromatic carbocycles. The molecule has 2 heterocycles. The molecule has 1 unspecified atom stereocenters. The van der Waals surface area contributed by atoms with Gasteiger partial charge in [0.1, 0.15) is 0 Å². The molecule has 0 spiro atoms. The lowest BCUT2D eigenvalue weighted by Crippen LogP contribution is -2.25. The van der Waals surface area contributed by atoms with Crippen molar-refractivity contribution >= 4 is 44.2 Å². The minimum Gasteiger partial charge on any atom is -0.469 e. The van der Waals surface area contributed by atoms with Gasteiger partial charge in [-0.2, -0.15) is 0 Å². The highest BCUT2D eigenvalue weighted by atomic mass is 32.1. The first kappa shape index (κ1) is 14.4. The maximum atomic E-state index is 12.0. The standard InChI is InChI=1S/C13H11N3O5S/c1-21-12(18)7-4-11(17)15(6-7)13-14-9-3-2-8(16(19)20)5-10(9)22-13/h2-3,5,7H,4,6H2,1H3. The average Bonchev–Trinajstić information content (AvgIpc) is 3.08. The molecule has 22 heavy (non-hydrogen) atoms. The van der Waals surface area contributed by atoms with Crippen LogP contribution in [0.25, 0.3) is 10.2 Å². The minimum absolute atomic E-state index is 0.0251. The second-order valence-corrected chi connectivity index (χ2v) is 5.84. The van der Waals surface area contributed by atoms with Crippen molar-refractivity contribution in [2.24, 2.45) is 5.92 Å². The van der Waals surface area contributed by atoms with Gasteiger partial charge in [0.15, 0.2) is 5.13 Å². The molecule has 1 amide bonds. The van der Waals surface area contributed by atoms with E-state index in [4.69, 9.17) is 0 Å². The third-order valence-electron chi connectivity index (χ3n) is 3.46. The fourth-order valence-electron chi connectivity index (χ4n) is 2.35. The number of nitro groups is 1. The second kappa shape index (κ2) is 5.34. The number of nitrogens with zero attached hydrogens (tertiary/aromatic N) is 3. The molecule has 3 rings (SSSR count). The number of esters is 1. The van der Waals surface area contributed by atoms with E-state index in [1.807, 2.05) is 0 Å². The number of fused-ring (bicyclic) bond motifs is 1. The number of benzene rings is 1.